The summed E-state index contributed by atoms with van der Waals surface area (Å²) in [4.78, 5) is 19.6. The Morgan fingerprint density at radius 3 is 2.95 bits per heavy atom. The lowest BCUT2D eigenvalue weighted by Crippen LogP contribution is -2.34. The quantitative estimate of drug-likeness (QED) is 0.819. The number of thiophene rings is 1. The predicted molar refractivity (Wildman–Crippen MR) is 83.5 cm³/mol. The molecule has 0 bridgehead atoms. The molecule has 2 aromatic rings. The van der Waals surface area contributed by atoms with Gasteiger partial charge in [0.2, 0.25) is 5.82 Å². The molecule has 0 fully saturated rings. The third kappa shape index (κ3) is 4.12. The van der Waals surface area contributed by atoms with Crippen LogP contribution >= 0.6 is 11.3 Å². The second-order valence-electron chi connectivity index (χ2n) is 5.06. The van der Waals surface area contributed by atoms with Gasteiger partial charge >= 0.3 is 0 Å². The van der Waals surface area contributed by atoms with Crippen molar-refractivity contribution in [2.75, 3.05) is 20.6 Å². The number of nitrogens with one attached hydrogen (secondary N) is 2. The number of nitrogens with zero attached hydrogens (tertiary/aromatic N) is 3. The lowest BCUT2D eigenvalue weighted by atomic mass is 10.2. The molecule has 0 radical (unpaired) electrons. The molecular weight excluding hydrogens is 286 g/mol. The van der Waals surface area contributed by atoms with Crippen LogP contribution in [0.3, 0.4) is 0 Å². The molecule has 2 aromatic heterocycles. The number of H-pyrrole nitrogens is 1. The summed E-state index contributed by atoms with van der Waals surface area (Å²) in [7, 11) is 4.01. The largest absolute Gasteiger partial charge is 0.347 e. The van der Waals surface area contributed by atoms with E-state index < -0.39 is 0 Å². The molecule has 0 aromatic carbocycles. The molecule has 1 amide bonds. The first-order valence-corrected chi connectivity index (χ1v) is 7.89. The third-order valence-electron chi connectivity index (χ3n) is 3.17. The molecule has 0 aliphatic heterocycles. The fraction of sp³-hybridized carbons (Fsp3) is 0.500. The molecule has 0 aliphatic carbocycles. The topological polar surface area (TPSA) is 73.9 Å². The molecule has 0 saturated carbocycles. The number of amides is 1. The maximum atomic E-state index is 12.1. The zero-order valence-electron chi connectivity index (χ0n) is 12.6. The van der Waals surface area contributed by atoms with E-state index in [2.05, 4.69) is 38.4 Å². The highest BCUT2D eigenvalue weighted by Crippen LogP contribution is 2.22. The molecule has 2 rings (SSSR count). The van der Waals surface area contributed by atoms with Crippen molar-refractivity contribution >= 4 is 17.2 Å². The van der Waals surface area contributed by atoms with Gasteiger partial charge < -0.3 is 10.2 Å². The number of hydrogen-bond acceptors (Lipinski definition) is 5. The summed E-state index contributed by atoms with van der Waals surface area (Å²) in [6.07, 6.45) is 1.77. The summed E-state index contributed by atoms with van der Waals surface area (Å²) in [6.45, 7) is 2.59. The van der Waals surface area contributed by atoms with Crippen LogP contribution in [0.1, 0.15) is 40.7 Å². The van der Waals surface area contributed by atoms with E-state index in [0.29, 0.717) is 6.54 Å². The van der Waals surface area contributed by atoms with Crippen LogP contribution in [0.2, 0.25) is 0 Å². The standard InChI is InChI=1S/C14H21N5OS/c1-4-6-12-16-13(18-17-12)14(20)15-9-10(19(2)3)11-7-5-8-21-11/h5,7-8,10H,4,6,9H2,1-3H3,(H,15,20)(H,16,17,18). The molecule has 21 heavy (non-hydrogen) atoms. The molecule has 0 spiro atoms. The molecule has 1 unspecified atom stereocenters. The zero-order valence-corrected chi connectivity index (χ0v) is 13.4. The van der Waals surface area contributed by atoms with Crippen LogP contribution in [-0.2, 0) is 6.42 Å². The predicted octanol–water partition coefficient (Wildman–Crippen LogP) is 1.85. The van der Waals surface area contributed by atoms with E-state index in [9.17, 15) is 4.79 Å². The monoisotopic (exact) mass is 307 g/mol. The lowest BCUT2D eigenvalue weighted by Gasteiger charge is -2.23. The van der Waals surface area contributed by atoms with E-state index in [1.54, 1.807) is 11.3 Å². The van der Waals surface area contributed by atoms with Gasteiger partial charge in [-0.2, -0.15) is 0 Å². The Hall–Kier alpha value is -1.73. The fourth-order valence-corrected chi connectivity index (χ4v) is 2.96. The molecule has 2 heterocycles. The van der Waals surface area contributed by atoms with Crippen molar-refractivity contribution in [3.05, 3.63) is 34.0 Å². The van der Waals surface area contributed by atoms with Crippen molar-refractivity contribution in [1.82, 2.24) is 25.4 Å². The molecule has 1 atom stereocenters. The van der Waals surface area contributed by atoms with Gasteiger partial charge in [-0.25, -0.2) is 4.98 Å². The van der Waals surface area contributed by atoms with E-state index in [-0.39, 0.29) is 17.8 Å². The van der Waals surface area contributed by atoms with Crippen molar-refractivity contribution in [2.24, 2.45) is 0 Å². The van der Waals surface area contributed by atoms with Crippen LogP contribution in [0, 0.1) is 0 Å². The van der Waals surface area contributed by atoms with Gasteiger partial charge in [0.15, 0.2) is 0 Å². The van der Waals surface area contributed by atoms with Gasteiger partial charge in [0.05, 0.1) is 6.04 Å². The van der Waals surface area contributed by atoms with Crippen LogP contribution in [-0.4, -0.2) is 46.6 Å². The maximum Gasteiger partial charge on any atom is 0.291 e. The van der Waals surface area contributed by atoms with Crippen LogP contribution in [0.15, 0.2) is 17.5 Å². The first-order valence-electron chi connectivity index (χ1n) is 7.01. The van der Waals surface area contributed by atoms with Crippen LogP contribution < -0.4 is 5.32 Å². The SMILES string of the molecule is CCCc1nc(C(=O)NCC(c2cccs2)N(C)C)n[nH]1. The smallest absolute Gasteiger partial charge is 0.291 e. The number of carbonyl (C=O) groups is 1. The number of carbonyl (C=O) groups excluding carboxylic acids is 1. The van der Waals surface area contributed by atoms with Gasteiger partial charge in [0.1, 0.15) is 5.82 Å². The van der Waals surface area contributed by atoms with E-state index in [4.69, 9.17) is 0 Å². The first-order chi connectivity index (χ1) is 10.1. The Morgan fingerprint density at radius 1 is 1.52 bits per heavy atom. The highest BCUT2D eigenvalue weighted by Gasteiger charge is 2.18. The second-order valence-corrected chi connectivity index (χ2v) is 6.04. The highest BCUT2D eigenvalue weighted by molar-refractivity contribution is 7.10. The number of aryl methyl sites for hydroxylation is 1. The molecular formula is C14H21N5OS. The van der Waals surface area contributed by atoms with Crippen molar-refractivity contribution < 1.29 is 4.79 Å². The minimum Gasteiger partial charge on any atom is -0.347 e. The molecule has 2 N–H and O–H groups in total. The normalized spacial score (nSPS) is 12.6. The number of rotatable bonds is 7. The van der Waals surface area contributed by atoms with Crippen molar-refractivity contribution in [3.63, 3.8) is 0 Å². The van der Waals surface area contributed by atoms with Gasteiger partial charge in [-0.05, 0) is 32.0 Å². The Kier molecular flexibility index (Phi) is 5.46. The number of hydrogen-bond donors (Lipinski definition) is 2. The lowest BCUT2D eigenvalue weighted by molar-refractivity contribution is 0.0932. The summed E-state index contributed by atoms with van der Waals surface area (Å²) in [5.74, 6) is 0.726. The number of likely N-dealkylation sites (N-methyl/N-ethyl adjacent to an activating group) is 1. The fourth-order valence-electron chi connectivity index (χ4n) is 2.03. The van der Waals surface area contributed by atoms with E-state index in [1.165, 1.54) is 4.88 Å². The second kappa shape index (κ2) is 7.33. The number of aromatic amines is 1. The average molecular weight is 307 g/mol. The molecule has 7 heteroatoms. The van der Waals surface area contributed by atoms with Gasteiger partial charge in [0, 0.05) is 17.8 Å². The first kappa shape index (κ1) is 15.7. The Labute approximate surface area is 128 Å². The molecule has 0 saturated heterocycles. The molecule has 0 aliphatic rings. The van der Waals surface area contributed by atoms with Crippen molar-refractivity contribution in [2.45, 2.75) is 25.8 Å². The van der Waals surface area contributed by atoms with E-state index >= 15 is 0 Å². The van der Waals surface area contributed by atoms with Crippen LogP contribution in [0.5, 0.6) is 0 Å². The Bertz CT molecular complexity index is 564. The van der Waals surface area contributed by atoms with Crippen LogP contribution in [0.4, 0.5) is 0 Å². The summed E-state index contributed by atoms with van der Waals surface area (Å²) >= 11 is 1.69. The molecule has 6 nitrogen and oxygen atoms in total. The maximum absolute atomic E-state index is 12.1. The molecule has 114 valence electrons. The van der Waals surface area contributed by atoms with E-state index in [0.717, 1.165) is 18.7 Å². The summed E-state index contributed by atoms with van der Waals surface area (Å²) in [5.41, 5.74) is 0. The third-order valence-corrected chi connectivity index (χ3v) is 4.15. The summed E-state index contributed by atoms with van der Waals surface area (Å²) < 4.78 is 0. The Balaban J connectivity index is 1.95. The van der Waals surface area contributed by atoms with Crippen molar-refractivity contribution in [3.8, 4) is 0 Å². The average Bonchev–Trinajstić information content (AvgIpc) is 3.10. The minimum absolute atomic E-state index is 0.156. The van der Waals surface area contributed by atoms with Crippen molar-refractivity contribution in [1.29, 1.82) is 0 Å². The van der Waals surface area contributed by atoms with Gasteiger partial charge in [-0.15, -0.1) is 16.4 Å². The minimum atomic E-state index is -0.239. The summed E-state index contributed by atoms with van der Waals surface area (Å²) in [5, 5.41) is 11.7. The van der Waals surface area contributed by atoms with Gasteiger partial charge in [-0.3, -0.25) is 9.89 Å². The number of aromatic nitrogens is 3. The Morgan fingerprint density at radius 2 is 2.33 bits per heavy atom. The van der Waals surface area contributed by atoms with Crippen LogP contribution in [0.25, 0.3) is 0 Å². The highest BCUT2D eigenvalue weighted by atomic mass is 32.1. The summed E-state index contributed by atoms with van der Waals surface area (Å²) in [6, 6.07) is 4.25. The van der Waals surface area contributed by atoms with E-state index in [1.807, 2.05) is 25.5 Å². The zero-order chi connectivity index (χ0) is 15.2. The van der Waals surface area contributed by atoms with Gasteiger partial charge in [0.25, 0.3) is 5.91 Å². The van der Waals surface area contributed by atoms with Gasteiger partial charge in [-0.1, -0.05) is 13.0 Å².